The lowest BCUT2D eigenvalue weighted by Gasteiger charge is -2.21. The first kappa shape index (κ1) is 13.0. The van der Waals surface area contributed by atoms with Gasteiger partial charge >= 0.3 is 5.97 Å². The number of hydrogen-bond donors (Lipinski definition) is 0. The van der Waals surface area contributed by atoms with Gasteiger partial charge in [-0.3, -0.25) is 9.69 Å². The number of benzene rings is 1. The third-order valence-electron chi connectivity index (χ3n) is 2.11. The van der Waals surface area contributed by atoms with E-state index in [1.165, 1.54) is 11.8 Å². The Bertz CT molecular complexity index is 426. The van der Waals surface area contributed by atoms with Gasteiger partial charge in [0.05, 0.1) is 6.61 Å². The van der Waals surface area contributed by atoms with Gasteiger partial charge in [-0.2, -0.15) is 0 Å². The Hall–Kier alpha value is -2.10. The van der Waals surface area contributed by atoms with Gasteiger partial charge in [0.1, 0.15) is 5.70 Å². The minimum atomic E-state index is -0.591. The number of carbonyl (C=O) groups is 2. The molecule has 4 nitrogen and oxygen atoms in total. The highest BCUT2D eigenvalue weighted by atomic mass is 16.5. The van der Waals surface area contributed by atoms with Crippen LogP contribution in [0, 0.1) is 0 Å². The largest absolute Gasteiger partial charge is 0.461 e. The fraction of sp³-hybridized carbons (Fsp3) is 0.231. The van der Waals surface area contributed by atoms with E-state index in [1.807, 2.05) is 6.07 Å². The molecule has 1 aromatic rings. The Morgan fingerprint density at radius 2 is 1.88 bits per heavy atom. The Balaban J connectivity index is 2.99. The number of amides is 1. The molecule has 1 amide bonds. The SMILES string of the molecule is C=C(C(=O)OCC)N(C(C)=O)c1ccccc1. The molecule has 1 aromatic carbocycles. The molecule has 0 aliphatic rings. The Kier molecular flexibility index (Phi) is 4.46. The first-order chi connectivity index (χ1) is 8.07. The van der Waals surface area contributed by atoms with Crippen LogP contribution in [0.1, 0.15) is 13.8 Å². The number of nitrogens with zero attached hydrogens (tertiary/aromatic N) is 1. The maximum atomic E-state index is 11.6. The summed E-state index contributed by atoms with van der Waals surface area (Å²) in [4.78, 5) is 24.3. The lowest BCUT2D eigenvalue weighted by atomic mass is 10.2. The topological polar surface area (TPSA) is 46.6 Å². The van der Waals surface area contributed by atoms with Gasteiger partial charge in [0.15, 0.2) is 0 Å². The summed E-state index contributed by atoms with van der Waals surface area (Å²) in [6.45, 7) is 6.92. The zero-order chi connectivity index (χ0) is 12.8. The van der Waals surface area contributed by atoms with Crippen molar-refractivity contribution >= 4 is 17.6 Å². The Labute approximate surface area is 100 Å². The molecule has 4 heteroatoms. The molecule has 0 fully saturated rings. The van der Waals surface area contributed by atoms with Crippen LogP contribution in [-0.4, -0.2) is 18.5 Å². The zero-order valence-electron chi connectivity index (χ0n) is 9.97. The van der Waals surface area contributed by atoms with Crippen LogP contribution in [0.15, 0.2) is 42.6 Å². The van der Waals surface area contributed by atoms with E-state index in [4.69, 9.17) is 4.74 Å². The van der Waals surface area contributed by atoms with Gasteiger partial charge in [-0.05, 0) is 19.1 Å². The van der Waals surface area contributed by atoms with Crippen LogP contribution in [0.3, 0.4) is 0 Å². The number of carbonyl (C=O) groups excluding carboxylic acids is 2. The van der Waals surface area contributed by atoms with Crippen molar-refractivity contribution in [1.29, 1.82) is 0 Å². The van der Waals surface area contributed by atoms with Crippen molar-refractivity contribution in [2.45, 2.75) is 13.8 Å². The number of para-hydroxylation sites is 1. The van der Waals surface area contributed by atoms with Crippen molar-refractivity contribution < 1.29 is 14.3 Å². The van der Waals surface area contributed by atoms with Crippen molar-refractivity contribution in [3.63, 3.8) is 0 Å². The quantitative estimate of drug-likeness (QED) is 0.591. The molecular weight excluding hydrogens is 218 g/mol. The van der Waals surface area contributed by atoms with Crippen molar-refractivity contribution in [3.05, 3.63) is 42.6 Å². The van der Waals surface area contributed by atoms with Gasteiger partial charge < -0.3 is 4.74 Å². The molecule has 0 N–H and O–H groups in total. The second kappa shape index (κ2) is 5.84. The van der Waals surface area contributed by atoms with Crippen molar-refractivity contribution in [1.82, 2.24) is 0 Å². The van der Waals surface area contributed by atoms with Crippen LogP contribution in [-0.2, 0) is 14.3 Å². The second-order valence-corrected chi connectivity index (χ2v) is 3.36. The highest BCUT2D eigenvalue weighted by molar-refractivity contribution is 6.05. The average molecular weight is 233 g/mol. The van der Waals surface area contributed by atoms with E-state index in [1.54, 1.807) is 31.2 Å². The van der Waals surface area contributed by atoms with Crippen LogP contribution >= 0.6 is 0 Å². The third-order valence-corrected chi connectivity index (χ3v) is 2.11. The maximum absolute atomic E-state index is 11.6. The summed E-state index contributed by atoms with van der Waals surface area (Å²) in [6.07, 6.45) is 0. The summed E-state index contributed by atoms with van der Waals surface area (Å²) >= 11 is 0. The van der Waals surface area contributed by atoms with E-state index < -0.39 is 5.97 Å². The van der Waals surface area contributed by atoms with Crippen LogP contribution in [0.5, 0.6) is 0 Å². The van der Waals surface area contributed by atoms with Gasteiger partial charge in [0, 0.05) is 12.6 Å². The van der Waals surface area contributed by atoms with E-state index >= 15 is 0 Å². The summed E-state index contributed by atoms with van der Waals surface area (Å²) in [5.41, 5.74) is 0.614. The number of hydrogen-bond acceptors (Lipinski definition) is 3. The molecule has 1 rings (SSSR count). The minimum absolute atomic E-state index is 0.0190. The highest BCUT2D eigenvalue weighted by Gasteiger charge is 2.21. The van der Waals surface area contributed by atoms with Crippen molar-refractivity contribution in [2.24, 2.45) is 0 Å². The summed E-state index contributed by atoms with van der Waals surface area (Å²) in [5.74, 6) is -0.874. The molecule has 0 bridgehead atoms. The van der Waals surface area contributed by atoms with E-state index in [2.05, 4.69) is 6.58 Å². The number of ether oxygens (including phenoxy) is 1. The first-order valence-electron chi connectivity index (χ1n) is 5.29. The van der Waals surface area contributed by atoms with E-state index in [0.717, 1.165) is 0 Å². The zero-order valence-corrected chi connectivity index (χ0v) is 9.97. The fourth-order valence-corrected chi connectivity index (χ4v) is 1.41. The second-order valence-electron chi connectivity index (χ2n) is 3.36. The molecule has 17 heavy (non-hydrogen) atoms. The number of anilines is 1. The van der Waals surface area contributed by atoms with Gasteiger partial charge in [-0.15, -0.1) is 0 Å². The molecule has 0 atom stereocenters. The van der Waals surface area contributed by atoms with E-state index in [-0.39, 0.29) is 18.2 Å². The van der Waals surface area contributed by atoms with Gasteiger partial charge in [-0.1, -0.05) is 24.8 Å². The van der Waals surface area contributed by atoms with Crippen molar-refractivity contribution in [2.75, 3.05) is 11.5 Å². The number of esters is 1. The molecule has 0 heterocycles. The summed E-state index contributed by atoms with van der Waals surface area (Å²) in [6, 6.07) is 8.85. The molecule has 0 unspecified atom stereocenters. The first-order valence-corrected chi connectivity index (χ1v) is 5.29. The molecule has 0 radical (unpaired) electrons. The summed E-state index contributed by atoms with van der Waals surface area (Å²) in [7, 11) is 0. The Morgan fingerprint density at radius 1 is 1.29 bits per heavy atom. The standard InChI is InChI=1S/C13H15NO3/c1-4-17-13(16)10(2)14(11(3)15)12-8-6-5-7-9-12/h5-9H,2,4H2,1,3H3. The van der Waals surface area contributed by atoms with Gasteiger partial charge in [-0.25, -0.2) is 4.79 Å². The van der Waals surface area contributed by atoms with E-state index in [0.29, 0.717) is 5.69 Å². The monoisotopic (exact) mass is 233 g/mol. The minimum Gasteiger partial charge on any atom is -0.461 e. The molecule has 0 aliphatic heterocycles. The highest BCUT2D eigenvalue weighted by Crippen LogP contribution is 2.18. The average Bonchev–Trinajstić information content (AvgIpc) is 2.30. The van der Waals surface area contributed by atoms with Crippen LogP contribution in [0.4, 0.5) is 5.69 Å². The fourth-order valence-electron chi connectivity index (χ4n) is 1.41. The molecule has 0 aliphatic carbocycles. The molecule has 0 aromatic heterocycles. The van der Waals surface area contributed by atoms with Crippen LogP contribution in [0.25, 0.3) is 0 Å². The molecule has 0 spiro atoms. The van der Waals surface area contributed by atoms with E-state index in [9.17, 15) is 9.59 Å². The van der Waals surface area contributed by atoms with Gasteiger partial charge in [0.25, 0.3) is 0 Å². The summed E-state index contributed by atoms with van der Waals surface area (Å²) in [5, 5.41) is 0. The molecule has 90 valence electrons. The maximum Gasteiger partial charge on any atom is 0.354 e. The third kappa shape index (κ3) is 3.17. The normalized spacial score (nSPS) is 9.53. The molecule has 0 saturated heterocycles. The Morgan fingerprint density at radius 3 is 2.35 bits per heavy atom. The van der Waals surface area contributed by atoms with Crippen LogP contribution in [0.2, 0.25) is 0 Å². The van der Waals surface area contributed by atoms with Crippen LogP contribution < -0.4 is 4.90 Å². The summed E-state index contributed by atoms with van der Waals surface area (Å²) < 4.78 is 4.82. The molecular formula is C13H15NO3. The van der Waals surface area contributed by atoms with Crippen molar-refractivity contribution in [3.8, 4) is 0 Å². The molecule has 0 saturated carbocycles. The number of rotatable bonds is 4. The smallest absolute Gasteiger partial charge is 0.354 e. The lowest BCUT2D eigenvalue weighted by Crippen LogP contribution is -2.32. The van der Waals surface area contributed by atoms with Gasteiger partial charge in [0.2, 0.25) is 5.91 Å². The predicted molar refractivity (Wildman–Crippen MR) is 65.4 cm³/mol. The lowest BCUT2D eigenvalue weighted by molar-refractivity contribution is -0.139. The predicted octanol–water partition coefficient (Wildman–Crippen LogP) is 2.12.